The highest BCUT2D eigenvalue weighted by molar-refractivity contribution is 5.83. The first kappa shape index (κ1) is 13.2. The summed E-state index contributed by atoms with van der Waals surface area (Å²) in [6.45, 7) is 0. The van der Waals surface area contributed by atoms with Gasteiger partial charge in [-0.3, -0.25) is 0 Å². The van der Waals surface area contributed by atoms with Crippen molar-refractivity contribution in [3.05, 3.63) is 59.7 Å². The summed E-state index contributed by atoms with van der Waals surface area (Å²) < 4.78 is 11.3. The number of carbonyl (C=O) groups excluding carboxylic acids is 1. The lowest BCUT2D eigenvalue weighted by Crippen LogP contribution is -2.11. The molecule has 0 aliphatic carbocycles. The molecule has 0 saturated heterocycles. The molecule has 4 heteroatoms. The second kappa shape index (κ2) is 5.32. The van der Waals surface area contributed by atoms with Gasteiger partial charge in [0.15, 0.2) is 0 Å². The number of allylic oxidation sites excluding steroid dienone is 1. The van der Waals surface area contributed by atoms with Crippen molar-refractivity contribution in [2.75, 3.05) is 12.8 Å². The van der Waals surface area contributed by atoms with Gasteiger partial charge in [-0.1, -0.05) is 24.3 Å². The maximum atomic E-state index is 11.4. The third kappa shape index (κ3) is 2.25. The van der Waals surface area contributed by atoms with E-state index in [0.29, 0.717) is 28.5 Å². The number of aldehydes is 1. The van der Waals surface area contributed by atoms with Gasteiger partial charge >= 0.3 is 0 Å². The maximum absolute atomic E-state index is 11.4. The van der Waals surface area contributed by atoms with Crippen LogP contribution >= 0.6 is 0 Å². The van der Waals surface area contributed by atoms with Gasteiger partial charge in [-0.2, -0.15) is 0 Å². The van der Waals surface area contributed by atoms with Crippen molar-refractivity contribution in [2.45, 2.75) is 5.92 Å². The lowest BCUT2D eigenvalue weighted by atomic mass is 9.94. The molecule has 2 aromatic rings. The lowest BCUT2D eigenvalue weighted by molar-refractivity contribution is -0.108. The van der Waals surface area contributed by atoms with Gasteiger partial charge in [0.05, 0.1) is 18.6 Å². The van der Waals surface area contributed by atoms with Crippen molar-refractivity contribution in [3.8, 4) is 11.5 Å². The summed E-state index contributed by atoms with van der Waals surface area (Å²) in [6, 6.07) is 12.9. The van der Waals surface area contributed by atoms with Crippen LogP contribution in [0.15, 0.2) is 48.5 Å². The number of para-hydroxylation sites is 1. The molecule has 1 aliphatic heterocycles. The highest BCUT2D eigenvalue weighted by Gasteiger charge is 2.24. The van der Waals surface area contributed by atoms with E-state index in [2.05, 4.69) is 0 Å². The Hall–Kier alpha value is -2.75. The molecule has 0 saturated carbocycles. The highest BCUT2D eigenvalue weighted by atomic mass is 16.5. The predicted molar refractivity (Wildman–Crippen MR) is 81.3 cm³/mol. The molecule has 0 fully saturated rings. The Kier molecular flexibility index (Phi) is 3.36. The summed E-state index contributed by atoms with van der Waals surface area (Å²) >= 11 is 0. The van der Waals surface area contributed by atoms with E-state index in [4.69, 9.17) is 15.2 Å². The Morgan fingerprint density at radius 2 is 2.00 bits per heavy atom. The largest absolute Gasteiger partial charge is 0.496 e. The number of fused-ring (bicyclic) bond motifs is 1. The van der Waals surface area contributed by atoms with E-state index in [1.54, 1.807) is 19.3 Å². The second-order valence-corrected chi connectivity index (χ2v) is 4.76. The van der Waals surface area contributed by atoms with Crippen LogP contribution in [0.4, 0.5) is 5.69 Å². The number of hydrogen-bond donors (Lipinski definition) is 1. The second-order valence-electron chi connectivity index (χ2n) is 4.76. The van der Waals surface area contributed by atoms with Gasteiger partial charge in [0.1, 0.15) is 23.5 Å². The van der Waals surface area contributed by atoms with Gasteiger partial charge < -0.3 is 20.0 Å². The summed E-state index contributed by atoms with van der Waals surface area (Å²) in [5, 5.41) is 0. The zero-order valence-corrected chi connectivity index (χ0v) is 11.6. The zero-order valence-electron chi connectivity index (χ0n) is 11.6. The van der Waals surface area contributed by atoms with Crippen molar-refractivity contribution in [3.63, 3.8) is 0 Å². The van der Waals surface area contributed by atoms with E-state index in [9.17, 15) is 4.79 Å². The molecule has 21 heavy (non-hydrogen) atoms. The molecule has 4 nitrogen and oxygen atoms in total. The summed E-state index contributed by atoms with van der Waals surface area (Å²) in [6.07, 6.45) is 2.66. The SMILES string of the molecule is COc1cccc(N)c1C1=CC(C=O)c2ccccc2O1. The number of carbonyl (C=O) groups is 1. The summed E-state index contributed by atoms with van der Waals surface area (Å²) in [7, 11) is 1.58. The molecule has 2 aromatic carbocycles. The van der Waals surface area contributed by atoms with Crippen LogP contribution in [0.5, 0.6) is 11.5 Å². The fourth-order valence-electron chi connectivity index (χ4n) is 2.48. The van der Waals surface area contributed by atoms with Crippen LogP contribution < -0.4 is 15.2 Å². The Labute approximate surface area is 122 Å². The minimum Gasteiger partial charge on any atom is -0.496 e. The smallest absolute Gasteiger partial charge is 0.137 e. The quantitative estimate of drug-likeness (QED) is 0.694. The van der Waals surface area contributed by atoms with Crippen LogP contribution in [0.25, 0.3) is 5.76 Å². The topological polar surface area (TPSA) is 61.5 Å². The van der Waals surface area contributed by atoms with E-state index >= 15 is 0 Å². The van der Waals surface area contributed by atoms with Crippen molar-refractivity contribution in [1.29, 1.82) is 0 Å². The third-order valence-corrected chi connectivity index (χ3v) is 3.50. The van der Waals surface area contributed by atoms with Crippen LogP contribution in [-0.2, 0) is 4.79 Å². The third-order valence-electron chi connectivity index (χ3n) is 3.50. The molecule has 0 aromatic heterocycles. The van der Waals surface area contributed by atoms with Gasteiger partial charge in [0, 0.05) is 11.3 Å². The number of methoxy groups -OCH3 is 1. The normalized spacial score (nSPS) is 16.4. The maximum Gasteiger partial charge on any atom is 0.137 e. The number of nitrogen functional groups attached to an aromatic ring is 1. The number of nitrogens with two attached hydrogens (primary N) is 1. The predicted octanol–water partition coefficient (Wildman–Crippen LogP) is 2.99. The average molecular weight is 281 g/mol. The van der Waals surface area contributed by atoms with E-state index in [1.165, 1.54) is 0 Å². The van der Waals surface area contributed by atoms with Gasteiger partial charge in [0.2, 0.25) is 0 Å². The first-order chi connectivity index (χ1) is 10.2. The molecule has 106 valence electrons. The average Bonchev–Trinajstić information content (AvgIpc) is 2.53. The number of ether oxygens (including phenoxy) is 2. The zero-order chi connectivity index (χ0) is 14.8. The van der Waals surface area contributed by atoms with Crippen LogP contribution in [0.3, 0.4) is 0 Å². The van der Waals surface area contributed by atoms with Crippen LogP contribution in [0.2, 0.25) is 0 Å². The fraction of sp³-hybridized carbons (Fsp3) is 0.118. The monoisotopic (exact) mass is 281 g/mol. The van der Waals surface area contributed by atoms with Crippen molar-refractivity contribution >= 4 is 17.7 Å². The molecular weight excluding hydrogens is 266 g/mol. The van der Waals surface area contributed by atoms with Crippen molar-refractivity contribution < 1.29 is 14.3 Å². The minimum absolute atomic E-state index is 0.353. The standard InChI is InChI=1S/C17H15NO3/c1-20-15-8-4-6-13(18)17(15)16-9-11(10-19)12-5-2-3-7-14(12)21-16/h2-11H,18H2,1H3. The van der Waals surface area contributed by atoms with Crippen LogP contribution in [0.1, 0.15) is 17.0 Å². The number of rotatable bonds is 3. The number of benzene rings is 2. The summed E-state index contributed by atoms with van der Waals surface area (Å²) in [5.41, 5.74) is 8.11. The molecule has 0 bridgehead atoms. The van der Waals surface area contributed by atoms with E-state index < -0.39 is 0 Å². The van der Waals surface area contributed by atoms with Gasteiger partial charge in [0.25, 0.3) is 0 Å². The Balaban J connectivity index is 2.13. The molecule has 1 aliphatic rings. The Bertz CT molecular complexity index is 722. The van der Waals surface area contributed by atoms with Crippen LogP contribution in [0, 0.1) is 0 Å². The van der Waals surface area contributed by atoms with Gasteiger partial charge in [-0.15, -0.1) is 0 Å². The highest BCUT2D eigenvalue weighted by Crippen LogP contribution is 2.40. The minimum atomic E-state index is -0.353. The molecule has 1 heterocycles. The molecule has 1 unspecified atom stereocenters. The first-order valence-electron chi connectivity index (χ1n) is 6.61. The Morgan fingerprint density at radius 1 is 1.19 bits per heavy atom. The van der Waals surface area contributed by atoms with Crippen molar-refractivity contribution in [2.24, 2.45) is 0 Å². The van der Waals surface area contributed by atoms with Crippen molar-refractivity contribution in [1.82, 2.24) is 0 Å². The lowest BCUT2D eigenvalue weighted by Gasteiger charge is -2.23. The fourth-order valence-corrected chi connectivity index (χ4v) is 2.48. The molecule has 0 amide bonds. The van der Waals surface area contributed by atoms with E-state index in [-0.39, 0.29) is 5.92 Å². The van der Waals surface area contributed by atoms with Crippen LogP contribution in [-0.4, -0.2) is 13.4 Å². The summed E-state index contributed by atoms with van der Waals surface area (Å²) in [4.78, 5) is 11.4. The first-order valence-corrected chi connectivity index (χ1v) is 6.61. The molecule has 2 N–H and O–H groups in total. The molecular formula is C17H15NO3. The van der Waals surface area contributed by atoms with E-state index in [0.717, 1.165) is 11.8 Å². The Morgan fingerprint density at radius 3 is 2.76 bits per heavy atom. The van der Waals surface area contributed by atoms with Gasteiger partial charge in [-0.25, -0.2) is 0 Å². The number of anilines is 1. The molecule has 1 atom stereocenters. The van der Waals surface area contributed by atoms with Gasteiger partial charge in [-0.05, 0) is 24.3 Å². The number of hydrogen-bond acceptors (Lipinski definition) is 4. The molecule has 0 spiro atoms. The summed E-state index contributed by atoms with van der Waals surface area (Å²) in [5.74, 6) is 1.47. The molecule has 3 rings (SSSR count). The molecule has 0 radical (unpaired) electrons. The van der Waals surface area contributed by atoms with E-state index in [1.807, 2.05) is 36.4 Å².